The van der Waals surface area contributed by atoms with Crippen molar-refractivity contribution < 1.29 is 14.0 Å². The molecule has 0 saturated carbocycles. The van der Waals surface area contributed by atoms with E-state index >= 15 is 0 Å². The molecule has 0 aliphatic carbocycles. The fourth-order valence-electron chi connectivity index (χ4n) is 2.00. The SMILES string of the molecule is COc1cc(O[Si](C)(C)C(C)(C)C)ccc1CCCN=C(Cl)C(C)=O. The molecule has 1 aromatic carbocycles. The Morgan fingerprint density at radius 1 is 1.28 bits per heavy atom. The van der Waals surface area contributed by atoms with E-state index in [1.54, 1.807) is 7.11 Å². The predicted molar refractivity (Wildman–Crippen MR) is 108 cm³/mol. The summed E-state index contributed by atoms with van der Waals surface area (Å²) >= 11 is 5.74. The highest BCUT2D eigenvalue weighted by Gasteiger charge is 2.39. The zero-order valence-electron chi connectivity index (χ0n) is 16.4. The van der Waals surface area contributed by atoms with Gasteiger partial charge in [-0.05, 0) is 42.6 Å². The number of ketones is 1. The number of Topliss-reactive ketones (excluding diaryl/α,β-unsaturated/α-hetero) is 1. The lowest BCUT2D eigenvalue weighted by Crippen LogP contribution is -2.43. The van der Waals surface area contributed by atoms with Crippen molar-refractivity contribution in [1.29, 1.82) is 0 Å². The van der Waals surface area contributed by atoms with Gasteiger partial charge in [0.1, 0.15) is 11.5 Å². The maximum atomic E-state index is 11.0. The molecule has 0 radical (unpaired) electrons. The van der Waals surface area contributed by atoms with Crippen molar-refractivity contribution in [3.63, 3.8) is 0 Å². The van der Waals surface area contributed by atoms with Crippen LogP contribution in [0.25, 0.3) is 0 Å². The van der Waals surface area contributed by atoms with Gasteiger partial charge < -0.3 is 9.16 Å². The van der Waals surface area contributed by atoms with Gasteiger partial charge in [0.25, 0.3) is 0 Å². The van der Waals surface area contributed by atoms with E-state index in [2.05, 4.69) is 38.9 Å². The molecular formula is C19H30ClNO3Si. The molecule has 0 atom stereocenters. The van der Waals surface area contributed by atoms with Gasteiger partial charge in [0.15, 0.2) is 11.0 Å². The Hall–Kier alpha value is -1.33. The van der Waals surface area contributed by atoms with Gasteiger partial charge in [0, 0.05) is 19.5 Å². The number of methoxy groups -OCH3 is 1. The van der Waals surface area contributed by atoms with E-state index in [1.807, 2.05) is 18.2 Å². The van der Waals surface area contributed by atoms with Crippen LogP contribution < -0.4 is 9.16 Å². The summed E-state index contributed by atoms with van der Waals surface area (Å²) in [5, 5.41) is 0.206. The number of rotatable bonds is 8. The molecule has 0 unspecified atom stereocenters. The molecule has 0 aliphatic rings. The molecule has 25 heavy (non-hydrogen) atoms. The first-order valence-corrected chi connectivity index (χ1v) is 11.8. The van der Waals surface area contributed by atoms with E-state index in [0.717, 1.165) is 29.9 Å². The zero-order valence-corrected chi connectivity index (χ0v) is 18.2. The minimum Gasteiger partial charge on any atom is -0.543 e. The molecule has 0 aromatic heterocycles. The Morgan fingerprint density at radius 3 is 2.44 bits per heavy atom. The van der Waals surface area contributed by atoms with Crippen molar-refractivity contribution >= 4 is 30.9 Å². The van der Waals surface area contributed by atoms with Gasteiger partial charge in [-0.15, -0.1) is 0 Å². The third-order valence-corrected chi connectivity index (χ3v) is 9.33. The van der Waals surface area contributed by atoms with E-state index in [1.165, 1.54) is 6.92 Å². The van der Waals surface area contributed by atoms with Crippen LogP contribution in [0.1, 0.15) is 39.7 Å². The molecule has 0 N–H and O–H groups in total. The van der Waals surface area contributed by atoms with Gasteiger partial charge in [-0.1, -0.05) is 38.4 Å². The molecule has 6 heteroatoms. The van der Waals surface area contributed by atoms with Gasteiger partial charge in [-0.2, -0.15) is 0 Å². The number of carbonyl (C=O) groups is 1. The van der Waals surface area contributed by atoms with Crippen molar-refractivity contribution in [2.24, 2.45) is 4.99 Å². The number of aryl methyl sites for hydroxylation is 1. The van der Waals surface area contributed by atoms with Crippen LogP contribution in [0.15, 0.2) is 23.2 Å². The molecule has 0 fully saturated rings. The summed E-state index contributed by atoms with van der Waals surface area (Å²) in [5.41, 5.74) is 1.10. The van der Waals surface area contributed by atoms with Crippen LogP contribution >= 0.6 is 11.6 Å². The van der Waals surface area contributed by atoms with E-state index in [0.29, 0.717) is 6.54 Å². The van der Waals surface area contributed by atoms with Crippen LogP contribution in [0.4, 0.5) is 0 Å². The number of hydrogen-bond donors (Lipinski definition) is 0. The smallest absolute Gasteiger partial charge is 0.250 e. The number of carbonyl (C=O) groups excluding carboxylic acids is 1. The molecule has 0 amide bonds. The van der Waals surface area contributed by atoms with Crippen molar-refractivity contribution in [2.45, 2.75) is 58.7 Å². The van der Waals surface area contributed by atoms with Crippen molar-refractivity contribution in [1.82, 2.24) is 0 Å². The second-order valence-electron chi connectivity index (χ2n) is 7.67. The average molecular weight is 384 g/mol. The summed E-state index contributed by atoms with van der Waals surface area (Å²) in [6.07, 6.45) is 1.59. The molecule has 140 valence electrons. The van der Waals surface area contributed by atoms with Crippen LogP contribution in [0.5, 0.6) is 11.5 Å². The van der Waals surface area contributed by atoms with Gasteiger partial charge in [0.2, 0.25) is 8.32 Å². The minimum absolute atomic E-state index is 0.0603. The molecule has 0 heterocycles. The highest BCUT2D eigenvalue weighted by molar-refractivity contribution is 6.82. The van der Waals surface area contributed by atoms with Crippen molar-refractivity contribution in [3.05, 3.63) is 23.8 Å². The third kappa shape index (κ3) is 6.48. The summed E-state index contributed by atoms with van der Waals surface area (Å²) in [6.45, 7) is 13.0. The lowest BCUT2D eigenvalue weighted by molar-refractivity contribution is -0.110. The first-order chi connectivity index (χ1) is 11.5. The number of benzene rings is 1. The summed E-state index contributed by atoms with van der Waals surface area (Å²) in [6, 6.07) is 6.00. The van der Waals surface area contributed by atoms with E-state index < -0.39 is 8.32 Å². The molecule has 0 aliphatic heterocycles. The van der Waals surface area contributed by atoms with Crippen LogP contribution in [0.2, 0.25) is 18.1 Å². The Kier molecular flexibility index (Phi) is 7.69. The molecule has 1 rings (SSSR count). The summed E-state index contributed by atoms with van der Waals surface area (Å²) < 4.78 is 11.9. The van der Waals surface area contributed by atoms with Crippen LogP contribution in [-0.2, 0) is 11.2 Å². The Morgan fingerprint density at radius 2 is 1.92 bits per heavy atom. The number of halogens is 1. The van der Waals surface area contributed by atoms with Gasteiger partial charge in [-0.3, -0.25) is 9.79 Å². The fraction of sp³-hybridized carbons (Fsp3) is 0.579. The van der Waals surface area contributed by atoms with Crippen LogP contribution in [0.3, 0.4) is 0 Å². The van der Waals surface area contributed by atoms with Crippen molar-refractivity contribution in [2.75, 3.05) is 13.7 Å². The maximum absolute atomic E-state index is 11.0. The Labute approximate surface area is 157 Å². The first kappa shape index (κ1) is 21.7. The molecule has 0 saturated heterocycles. The predicted octanol–water partition coefficient (Wildman–Crippen LogP) is 5.24. The van der Waals surface area contributed by atoms with E-state index in [9.17, 15) is 4.79 Å². The van der Waals surface area contributed by atoms with Crippen LogP contribution in [-0.4, -0.2) is 32.9 Å². The molecule has 1 aromatic rings. The molecular weight excluding hydrogens is 354 g/mol. The van der Waals surface area contributed by atoms with Gasteiger partial charge >= 0.3 is 0 Å². The molecule has 0 bridgehead atoms. The second-order valence-corrected chi connectivity index (χ2v) is 12.8. The molecule has 0 spiro atoms. The Balaban J connectivity index is 2.79. The highest BCUT2D eigenvalue weighted by atomic mass is 35.5. The largest absolute Gasteiger partial charge is 0.543 e. The normalized spacial score (nSPS) is 12.9. The lowest BCUT2D eigenvalue weighted by atomic mass is 10.1. The average Bonchev–Trinajstić information content (AvgIpc) is 2.50. The van der Waals surface area contributed by atoms with E-state index in [4.69, 9.17) is 20.8 Å². The first-order valence-electron chi connectivity index (χ1n) is 8.55. The summed E-state index contributed by atoms with van der Waals surface area (Å²) in [5.74, 6) is 1.47. The topological polar surface area (TPSA) is 47.9 Å². The van der Waals surface area contributed by atoms with Crippen LogP contribution in [0, 0.1) is 0 Å². The van der Waals surface area contributed by atoms with Gasteiger partial charge in [-0.25, -0.2) is 0 Å². The third-order valence-electron chi connectivity index (χ3n) is 4.58. The number of ether oxygens (including phenoxy) is 1. The van der Waals surface area contributed by atoms with Crippen molar-refractivity contribution in [3.8, 4) is 11.5 Å². The summed E-state index contributed by atoms with van der Waals surface area (Å²) in [7, 11) is -0.207. The molecule has 4 nitrogen and oxygen atoms in total. The summed E-state index contributed by atoms with van der Waals surface area (Å²) in [4.78, 5) is 15.1. The fourth-order valence-corrected chi connectivity index (χ4v) is 3.11. The highest BCUT2D eigenvalue weighted by Crippen LogP contribution is 2.38. The minimum atomic E-state index is -1.87. The standard InChI is InChI=1S/C19H30ClNO3Si/c1-14(22)18(20)21-12-8-9-15-10-11-16(13-17(15)23-5)24-25(6,7)19(2,3)4/h10-11,13H,8-9,12H2,1-7H3. The Bertz CT molecular complexity index is 636. The maximum Gasteiger partial charge on any atom is 0.250 e. The quantitative estimate of drug-likeness (QED) is 0.350. The monoisotopic (exact) mass is 383 g/mol. The second kappa shape index (κ2) is 8.85. The zero-order chi connectivity index (χ0) is 19.3. The number of hydrogen-bond acceptors (Lipinski definition) is 4. The number of aliphatic imine (C=N–C) groups is 1. The van der Waals surface area contributed by atoms with E-state index in [-0.39, 0.29) is 16.0 Å². The number of nitrogens with zero attached hydrogens (tertiary/aromatic N) is 1. The lowest BCUT2D eigenvalue weighted by Gasteiger charge is -2.36. The van der Waals surface area contributed by atoms with Gasteiger partial charge in [0.05, 0.1) is 7.11 Å².